The molecular formula is C20H21NO2. The number of hydrogen-bond donors (Lipinski definition) is 0. The minimum atomic E-state index is -0.241. The molecular weight excluding hydrogens is 286 g/mol. The third kappa shape index (κ3) is 3.04. The summed E-state index contributed by atoms with van der Waals surface area (Å²) in [4.78, 5) is 26.7. The van der Waals surface area contributed by atoms with Gasteiger partial charge in [-0.2, -0.15) is 0 Å². The van der Waals surface area contributed by atoms with Crippen LogP contribution in [0, 0.1) is 0 Å². The van der Waals surface area contributed by atoms with Crippen LogP contribution in [0.4, 0.5) is 5.69 Å². The zero-order valence-electron chi connectivity index (χ0n) is 13.6. The van der Waals surface area contributed by atoms with E-state index in [4.69, 9.17) is 0 Å². The highest BCUT2D eigenvalue weighted by molar-refractivity contribution is 6.08. The Kier molecular flexibility index (Phi) is 4.03. The lowest BCUT2D eigenvalue weighted by molar-refractivity contribution is -0.119. The summed E-state index contributed by atoms with van der Waals surface area (Å²) in [6.45, 7) is 4.64. The second kappa shape index (κ2) is 5.99. The van der Waals surface area contributed by atoms with E-state index in [1.807, 2.05) is 36.4 Å². The van der Waals surface area contributed by atoms with E-state index in [-0.39, 0.29) is 17.1 Å². The number of hydrogen-bond acceptors (Lipinski definition) is 2. The molecule has 1 aliphatic rings. The van der Waals surface area contributed by atoms with Crippen molar-refractivity contribution in [3.8, 4) is 0 Å². The maximum atomic E-state index is 12.9. The minimum Gasteiger partial charge on any atom is -0.311 e. The van der Waals surface area contributed by atoms with Crippen molar-refractivity contribution < 1.29 is 9.59 Å². The summed E-state index contributed by atoms with van der Waals surface area (Å²) in [6.07, 6.45) is 0.814. The second-order valence-electron chi connectivity index (χ2n) is 6.66. The Balaban J connectivity index is 1.85. The number of ketones is 1. The molecule has 0 aromatic heterocycles. The van der Waals surface area contributed by atoms with E-state index in [1.54, 1.807) is 11.0 Å². The molecule has 0 spiro atoms. The van der Waals surface area contributed by atoms with Gasteiger partial charge in [0.1, 0.15) is 0 Å². The molecule has 3 nitrogen and oxygen atoms in total. The lowest BCUT2D eigenvalue weighted by atomic mass is 9.81. The molecule has 23 heavy (non-hydrogen) atoms. The Morgan fingerprint density at radius 2 is 1.70 bits per heavy atom. The van der Waals surface area contributed by atoms with Gasteiger partial charge in [0.2, 0.25) is 5.91 Å². The number of carbonyl (C=O) groups is 2. The molecule has 0 saturated heterocycles. The number of anilines is 1. The first kappa shape index (κ1) is 15.5. The molecule has 1 aliphatic heterocycles. The van der Waals surface area contributed by atoms with Gasteiger partial charge in [-0.1, -0.05) is 56.3 Å². The number of para-hydroxylation sites is 1. The number of rotatable bonds is 3. The molecule has 0 unspecified atom stereocenters. The van der Waals surface area contributed by atoms with Crippen molar-refractivity contribution in [1.29, 1.82) is 0 Å². The molecule has 2 aromatic rings. The largest absolute Gasteiger partial charge is 0.311 e. The highest BCUT2D eigenvalue weighted by Crippen LogP contribution is 2.32. The predicted molar refractivity (Wildman–Crippen MR) is 91.8 cm³/mol. The Morgan fingerprint density at radius 1 is 1.04 bits per heavy atom. The molecule has 0 aliphatic carbocycles. The smallest absolute Gasteiger partial charge is 0.227 e. The van der Waals surface area contributed by atoms with Gasteiger partial charge in [0.15, 0.2) is 5.78 Å². The van der Waals surface area contributed by atoms with Crippen LogP contribution in [-0.4, -0.2) is 18.2 Å². The summed E-state index contributed by atoms with van der Waals surface area (Å²) in [5, 5.41) is 0. The van der Waals surface area contributed by atoms with Gasteiger partial charge in [-0.3, -0.25) is 9.59 Å². The summed E-state index contributed by atoms with van der Waals surface area (Å²) in [5.41, 5.74) is 2.31. The molecule has 0 radical (unpaired) electrons. The van der Waals surface area contributed by atoms with Crippen LogP contribution in [0.3, 0.4) is 0 Å². The number of nitrogens with zero attached hydrogens (tertiary/aromatic N) is 1. The number of fused-ring (bicyclic) bond motifs is 1. The van der Waals surface area contributed by atoms with E-state index < -0.39 is 0 Å². The van der Waals surface area contributed by atoms with Crippen molar-refractivity contribution in [3.63, 3.8) is 0 Å². The molecule has 2 aromatic carbocycles. The van der Waals surface area contributed by atoms with Crippen LogP contribution in [0.5, 0.6) is 0 Å². The maximum Gasteiger partial charge on any atom is 0.227 e. The van der Waals surface area contributed by atoms with E-state index in [9.17, 15) is 9.59 Å². The normalized spacial score (nSPS) is 14.5. The van der Waals surface area contributed by atoms with E-state index in [2.05, 4.69) is 26.0 Å². The van der Waals surface area contributed by atoms with Gasteiger partial charge in [-0.05, 0) is 23.1 Å². The Bertz CT molecular complexity index is 734. The van der Waals surface area contributed by atoms with Gasteiger partial charge in [-0.25, -0.2) is 0 Å². The molecule has 3 heteroatoms. The van der Waals surface area contributed by atoms with Crippen LogP contribution < -0.4 is 4.90 Å². The average Bonchev–Trinajstić information content (AvgIpc) is 2.56. The fourth-order valence-corrected chi connectivity index (χ4v) is 3.14. The highest BCUT2D eigenvalue weighted by Gasteiger charge is 2.31. The molecule has 0 atom stereocenters. The van der Waals surface area contributed by atoms with Crippen LogP contribution >= 0.6 is 0 Å². The molecule has 0 saturated carbocycles. The van der Waals surface area contributed by atoms with Crippen LogP contribution in [-0.2, 0) is 10.2 Å². The van der Waals surface area contributed by atoms with Crippen molar-refractivity contribution in [1.82, 2.24) is 0 Å². The topological polar surface area (TPSA) is 37.4 Å². The van der Waals surface area contributed by atoms with Gasteiger partial charge in [-0.15, -0.1) is 0 Å². The molecule has 0 N–H and O–H groups in total. The first-order valence-electron chi connectivity index (χ1n) is 7.97. The van der Waals surface area contributed by atoms with Crippen LogP contribution in [0.15, 0.2) is 54.6 Å². The number of Topliss-reactive ketones (excluding diaryl/α,β-unsaturated/α-hetero) is 1. The first-order chi connectivity index (χ1) is 11.0. The summed E-state index contributed by atoms with van der Waals surface area (Å²) in [5.74, 6) is 0.186. The minimum absolute atomic E-state index is 0.0683. The molecule has 1 amide bonds. The van der Waals surface area contributed by atoms with Crippen molar-refractivity contribution in [2.75, 3.05) is 11.4 Å². The molecule has 0 bridgehead atoms. The summed E-state index contributed by atoms with van der Waals surface area (Å²) in [7, 11) is 0. The fourth-order valence-electron chi connectivity index (χ4n) is 3.14. The van der Waals surface area contributed by atoms with Crippen LogP contribution in [0.2, 0.25) is 0 Å². The molecule has 1 heterocycles. The number of carbonyl (C=O) groups excluding carboxylic acids is 2. The Hall–Kier alpha value is -2.42. The molecule has 118 valence electrons. The van der Waals surface area contributed by atoms with E-state index in [1.165, 1.54) is 0 Å². The predicted octanol–water partition coefficient (Wildman–Crippen LogP) is 3.97. The standard InChI is InChI=1S/C20H21NO2/c1-20(2,15-8-4-3-5-9-15)14-19(23)21-13-12-18(22)16-10-6-7-11-17(16)21/h3-11H,12-14H2,1-2H3. The van der Waals surface area contributed by atoms with Gasteiger partial charge in [0, 0.05) is 24.9 Å². The van der Waals surface area contributed by atoms with Gasteiger partial charge in [0.25, 0.3) is 0 Å². The van der Waals surface area contributed by atoms with Crippen molar-refractivity contribution in [2.24, 2.45) is 0 Å². The summed E-state index contributed by atoms with van der Waals surface area (Å²) >= 11 is 0. The second-order valence-corrected chi connectivity index (χ2v) is 6.66. The lowest BCUT2D eigenvalue weighted by Crippen LogP contribution is -2.40. The Morgan fingerprint density at radius 3 is 2.43 bits per heavy atom. The van der Waals surface area contributed by atoms with Crippen molar-refractivity contribution in [2.45, 2.75) is 32.1 Å². The van der Waals surface area contributed by atoms with Crippen molar-refractivity contribution >= 4 is 17.4 Å². The molecule has 0 fully saturated rings. The summed E-state index contributed by atoms with van der Waals surface area (Å²) in [6, 6.07) is 17.5. The third-order valence-electron chi connectivity index (χ3n) is 4.51. The van der Waals surface area contributed by atoms with E-state index in [0.29, 0.717) is 24.9 Å². The number of amides is 1. The Labute approximate surface area is 136 Å². The van der Waals surface area contributed by atoms with E-state index in [0.717, 1.165) is 11.3 Å². The van der Waals surface area contributed by atoms with Gasteiger partial charge >= 0.3 is 0 Å². The first-order valence-corrected chi connectivity index (χ1v) is 7.97. The number of benzene rings is 2. The fraction of sp³-hybridized carbons (Fsp3) is 0.300. The zero-order chi connectivity index (χ0) is 16.4. The van der Waals surface area contributed by atoms with E-state index >= 15 is 0 Å². The van der Waals surface area contributed by atoms with Crippen LogP contribution in [0.25, 0.3) is 0 Å². The van der Waals surface area contributed by atoms with Crippen LogP contribution in [0.1, 0.15) is 42.6 Å². The van der Waals surface area contributed by atoms with Gasteiger partial charge < -0.3 is 4.90 Å². The third-order valence-corrected chi connectivity index (χ3v) is 4.51. The summed E-state index contributed by atoms with van der Waals surface area (Å²) < 4.78 is 0. The average molecular weight is 307 g/mol. The lowest BCUT2D eigenvalue weighted by Gasteiger charge is -2.32. The molecule has 3 rings (SSSR count). The quantitative estimate of drug-likeness (QED) is 0.860. The van der Waals surface area contributed by atoms with Gasteiger partial charge in [0.05, 0.1) is 5.69 Å². The van der Waals surface area contributed by atoms with Crippen molar-refractivity contribution in [3.05, 3.63) is 65.7 Å². The maximum absolute atomic E-state index is 12.9. The zero-order valence-corrected chi connectivity index (χ0v) is 13.6. The monoisotopic (exact) mass is 307 g/mol. The highest BCUT2D eigenvalue weighted by atomic mass is 16.2. The SMILES string of the molecule is CC(C)(CC(=O)N1CCC(=O)c2ccccc21)c1ccccc1.